The van der Waals surface area contributed by atoms with Crippen LogP contribution in [0.15, 0.2) is 18.2 Å². The molecule has 53 valence electrons. The zero-order valence-electron chi connectivity index (χ0n) is 6.14. The quantitative estimate of drug-likeness (QED) is 0.493. The summed E-state index contributed by atoms with van der Waals surface area (Å²) in [7, 11) is 0. The molecular weight excluding hydrogens is 342 g/mol. The molecule has 0 amide bonds. The molecule has 0 atom stereocenters. The number of hydrogen-bond acceptors (Lipinski definition) is 0. The third-order valence-corrected chi connectivity index (χ3v) is 3.15. The van der Waals surface area contributed by atoms with Crippen molar-refractivity contribution in [2.24, 2.45) is 0 Å². The average Bonchev–Trinajstić information content (AvgIpc) is 1.83. The molecule has 0 fully saturated rings. The Bertz CT molecular complexity index is 200. The zero-order valence-corrected chi connectivity index (χ0v) is 11.3. The fourth-order valence-electron chi connectivity index (χ4n) is 0.751. The molecule has 0 N–H and O–H groups in total. The normalized spacial score (nSPS) is 8.70. The predicted octanol–water partition coefficient (Wildman–Crippen LogP) is 1.72. The van der Waals surface area contributed by atoms with Crippen LogP contribution in [0.1, 0.15) is 11.1 Å². The summed E-state index contributed by atoms with van der Waals surface area (Å²) in [6.45, 7) is 4.34. The summed E-state index contributed by atoms with van der Waals surface area (Å²) in [4.78, 5) is 0. The van der Waals surface area contributed by atoms with Crippen molar-refractivity contribution in [1.29, 1.82) is 0 Å². The van der Waals surface area contributed by atoms with Gasteiger partial charge in [0.1, 0.15) is 0 Å². The van der Waals surface area contributed by atoms with Crippen LogP contribution in [0.25, 0.3) is 0 Å². The predicted molar refractivity (Wildman–Crippen MR) is 56.7 cm³/mol. The molecule has 0 spiro atoms. The van der Waals surface area contributed by atoms with Crippen molar-refractivity contribution in [2.75, 3.05) is 0 Å². The average molecular weight is 352 g/mol. The van der Waals surface area contributed by atoms with Crippen molar-refractivity contribution < 1.29 is 0 Å². The zero-order chi connectivity index (χ0) is 6.85. The van der Waals surface area contributed by atoms with Gasteiger partial charge in [-0.25, -0.2) is 0 Å². The van der Waals surface area contributed by atoms with Gasteiger partial charge in [0.25, 0.3) is 0 Å². The molecule has 0 aromatic heterocycles. The summed E-state index contributed by atoms with van der Waals surface area (Å²) in [6.07, 6.45) is 0. The summed E-state index contributed by atoms with van der Waals surface area (Å²) in [5, 5.41) is 0. The van der Waals surface area contributed by atoms with Crippen LogP contribution in [-0.4, -0.2) is 22.5 Å². The van der Waals surface area contributed by atoms with Gasteiger partial charge in [0.2, 0.25) is 0 Å². The molecule has 0 unspecified atom stereocenters. The van der Waals surface area contributed by atoms with Crippen LogP contribution in [0, 0.1) is 13.8 Å². The Morgan fingerprint density at radius 3 is 2.20 bits per heavy atom. The van der Waals surface area contributed by atoms with Gasteiger partial charge in [0.05, 0.1) is 0 Å². The molecule has 0 nitrogen and oxygen atoms in total. The Hall–Kier alpha value is 0.749. The van der Waals surface area contributed by atoms with Crippen LogP contribution in [0.4, 0.5) is 0 Å². The van der Waals surface area contributed by atoms with Gasteiger partial charge >= 0.3 is 69.3 Å². The second-order valence-electron chi connectivity index (χ2n) is 2.25. The van der Waals surface area contributed by atoms with E-state index in [-0.39, 0.29) is 24.0 Å². The van der Waals surface area contributed by atoms with E-state index in [1.165, 1.54) is 37.2 Å². The van der Waals surface area contributed by atoms with E-state index in [4.69, 9.17) is 0 Å². The summed E-state index contributed by atoms with van der Waals surface area (Å²) >= 11 is 1.51. The standard InChI is InChI=1S/C8H9.HI.Sn/c1-7-5-3-4-6-8(7)2;;/h3-5H,1-2H3;1H;. The number of halogens is 1. The van der Waals surface area contributed by atoms with Crippen molar-refractivity contribution in [3.63, 3.8) is 0 Å². The summed E-state index contributed by atoms with van der Waals surface area (Å²) < 4.78 is 1.47. The van der Waals surface area contributed by atoms with Crippen molar-refractivity contribution in [2.45, 2.75) is 13.8 Å². The molecule has 0 bridgehead atoms. The number of benzene rings is 1. The molecule has 0 aliphatic heterocycles. The molecule has 0 saturated heterocycles. The van der Waals surface area contributed by atoms with Crippen LogP contribution in [0.2, 0.25) is 0 Å². The van der Waals surface area contributed by atoms with Gasteiger partial charge in [-0.3, -0.25) is 0 Å². The molecule has 3 radical (unpaired) electrons. The van der Waals surface area contributed by atoms with Gasteiger partial charge in [-0.2, -0.15) is 0 Å². The van der Waals surface area contributed by atoms with Crippen molar-refractivity contribution >= 4 is 50.1 Å². The van der Waals surface area contributed by atoms with Crippen molar-refractivity contribution in [3.8, 4) is 0 Å². The Labute approximate surface area is 92.5 Å². The Kier molecular flexibility index (Phi) is 4.93. The second-order valence-corrected chi connectivity index (χ2v) is 3.78. The van der Waals surface area contributed by atoms with Crippen LogP contribution >= 0.6 is 24.0 Å². The van der Waals surface area contributed by atoms with E-state index in [1.54, 1.807) is 0 Å². The van der Waals surface area contributed by atoms with Crippen LogP contribution in [0.3, 0.4) is 0 Å². The molecule has 0 aliphatic rings. The molecule has 0 heterocycles. The maximum atomic E-state index is 2.18. The first-order valence-electron chi connectivity index (χ1n) is 2.99. The van der Waals surface area contributed by atoms with Crippen molar-refractivity contribution in [1.82, 2.24) is 0 Å². The summed E-state index contributed by atoms with van der Waals surface area (Å²) in [5.74, 6) is 0. The second kappa shape index (κ2) is 4.59. The van der Waals surface area contributed by atoms with E-state index < -0.39 is 0 Å². The van der Waals surface area contributed by atoms with Crippen molar-refractivity contribution in [3.05, 3.63) is 29.3 Å². The fourth-order valence-corrected chi connectivity index (χ4v) is 1.59. The van der Waals surface area contributed by atoms with Gasteiger partial charge in [-0.05, 0) is 0 Å². The van der Waals surface area contributed by atoms with Crippen LogP contribution in [0.5, 0.6) is 0 Å². The maximum Gasteiger partial charge on any atom is -0.107 e. The Balaban J connectivity index is 0.000000810. The fraction of sp³-hybridized carbons (Fsp3) is 0.250. The molecule has 1 aromatic carbocycles. The van der Waals surface area contributed by atoms with Crippen LogP contribution in [-0.2, 0) is 0 Å². The van der Waals surface area contributed by atoms with E-state index in [0.29, 0.717) is 0 Å². The first kappa shape index (κ1) is 10.7. The first-order chi connectivity index (χ1) is 4.22. The topological polar surface area (TPSA) is 0 Å². The number of hydrogen-bond donors (Lipinski definition) is 0. The van der Waals surface area contributed by atoms with Gasteiger partial charge in [-0.15, -0.1) is 24.0 Å². The maximum absolute atomic E-state index is 2.18. The van der Waals surface area contributed by atoms with E-state index in [1.807, 2.05) is 0 Å². The minimum atomic E-state index is 0. The van der Waals surface area contributed by atoms with Gasteiger partial charge in [0.15, 0.2) is 0 Å². The molecular formula is C8H10ISn. The SMILES string of the molecule is Cc1ccc[c]([Sn])c1C.I. The molecule has 10 heavy (non-hydrogen) atoms. The molecule has 0 aliphatic carbocycles. The summed E-state index contributed by atoms with van der Waals surface area (Å²) in [5.41, 5.74) is 2.86. The Morgan fingerprint density at radius 1 is 1.20 bits per heavy atom. The third-order valence-electron chi connectivity index (χ3n) is 1.60. The first-order valence-corrected chi connectivity index (χ1v) is 4.42. The summed E-state index contributed by atoms with van der Waals surface area (Å²) in [6, 6.07) is 6.45. The minimum absolute atomic E-state index is 0. The Morgan fingerprint density at radius 2 is 1.80 bits per heavy atom. The smallest absolute Gasteiger partial charge is 0.107 e. The number of rotatable bonds is 0. The van der Waals surface area contributed by atoms with E-state index in [2.05, 4.69) is 32.0 Å². The largest absolute Gasteiger partial charge is 0.107 e. The van der Waals surface area contributed by atoms with E-state index in [9.17, 15) is 0 Å². The van der Waals surface area contributed by atoms with Gasteiger partial charge in [-0.1, -0.05) is 0 Å². The molecule has 1 rings (SSSR count). The third kappa shape index (κ3) is 2.41. The number of aryl methyl sites for hydroxylation is 1. The minimum Gasteiger partial charge on any atom is -0.107 e. The molecule has 1 aromatic rings. The monoisotopic (exact) mass is 353 g/mol. The van der Waals surface area contributed by atoms with E-state index in [0.717, 1.165) is 0 Å². The van der Waals surface area contributed by atoms with E-state index >= 15 is 0 Å². The van der Waals surface area contributed by atoms with Crippen LogP contribution < -0.4 is 3.58 Å². The molecule has 0 saturated carbocycles. The molecule has 2 heteroatoms. The van der Waals surface area contributed by atoms with Gasteiger partial charge in [0, 0.05) is 0 Å². The van der Waals surface area contributed by atoms with Gasteiger partial charge < -0.3 is 0 Å².